The first-order chi connectivity index (χ1) is 31.7. The van der Waals surface area contributed by atoms with Crippen molar-refractivity contribution >= 4 is 65.2 Å². The van der Waals surface area contributed by atoms with Gasteiger partial charge in [0.25, 0.3) is 0 Å². The third kappa shape index (κ3) is 5.14. The fourth-order valence-corrected chi connectivity index (χ4v) is 10.9. The van der Waals surface area contributed by atoms with Gasteiger partial charge in [0, 0.05) is 38.3 Å². The zero-order valence-corrected chi connectivity index (χ0v) is 34.8. The van der Waals surface area contributed by atoms with Gasteiger partial charge in [-0.3, -0.25) is 0 Å². The SMILES string of the molecule is c1ccc(-n2c3ccccc3c3ccc(-c4ccc5c6ccc7ccccc7c6n(-c6ccc(-c7cccc(-c8ccc9c(c8)-c8cccc%10cccc-9c8%10)c7)cc6)c5c4)cc32)cc1. The van der Waals surface area contributed by atoms with E-state index in [-0.39, 0.29) is 0 Å². The molecule has 0 aliphatic heterocycles. The van der Waals surface area contributed by atoms with Crippen LogP contribution < -0.4 is 0 Å². The molecule has 1 aliphatic carbocycles. The molecular formula is C62H38N2. The van der Waals surface area contributed by atoms with Crippen molar-refractivity contribution in [3.63, 3.8) is 0 Å². The summed E-state index contributed by atoms with van der Waals surface area (Å²) in [5, 5.41) is 10.2. The van der Waals surface area contributed by atoms with Gasteiger partial charge in [0.1, 0.15) is 0 Å². The predicted octanol–water partition coefficient (Wildman–Crippen LogP) is 16.8. The fraction of sp³-hybridized carbons (Fsp3) is 0. The van der Waals surface area contributed by atoms with Gasteiger partial charge in [-0.05, 0) is 126 Å². The quantitative estimate of drug-likeness (QED) is 0.164. The zero-order valence-electron chi connectivity index (χ0n) is 34.8. The molecule has 2 heterocycles. The Morgan fingerprint density at radius 2 is 0.766 bits per heavy atom. The monoisotopic (exact) mass is 810 g/mol. The standard InChI is InChI=1S/C62H38N2/c1-2-16-47(17-3-1)63-58-22-7-6-19-51(58)52-32-27-45(37-59(52)63)46-28-33-53-56-34-25-40-11-4-5-18-49(40)62(56)64(60(53)38-46)48-29-23-39(24-30-48)42-14-8-15-43(35-42)44-26-31-50-54-20-9-12-41-13-10-21-55(61(41)54)57(50)36-44/h1-38H. The second-order valence-corrected chi connectivity index (χ2v) is 17.3. The summed E-state index contributed by atoms with van der Waals surface area (Å²) in [6, 6.07) is 85.3. The molecule has 1 aliphatic rings. The average Bonchev–Trinajstić information content (AvgIpc) is 4.00. The van der Waals surface area contributed by atoms with Crippen LogP contribution in [0.25, 0.3) is 132 Å². The highest BCUT2D eigenvalue weighted by Crippen LogP contribution is 2.48. The molecule has 0 unspecified atom stereocenters. The van der Waals surface area contributed by atoms with Crippen LogP contribution in [-0.4, -0.2) is 9.13 Å². The maximum atomic E-state index is 2.49. The number of rotatable bonds is 5. The van der Waals surface area contributed by atoms with Gasteiger partial charge in [-0.1, -0.05) is 176 Å². The van der Waals surface area contributed by atoms with Gasteiger partial charge in [-0.25, -0.2) is 0 Å². The van der Waals surface area contributed by atoms with Crippen molar-refractivity contribution in [1.29, 1.82) is 0 Å². The molecule has 14 rings (SSSR count). The molecule has 0 amide bonds. The number of benzene rings is 11. The highest BCUT2D eigenvalue weighted by molar-refractivity contribution is 6.19. The highest BCUT2D eigenvalue weighted by atomic mass is 15.0. The molecule has 0 saturated carbocycles. The maximum Gasteiger partial charge on any atom is 0.0619 e. The summed E-state index contributed by atoms with van der Waals surface area (Å²) in [4.78, 5) is 0. The summed E-state index contributed by atoms with van der Waals surface area (Å²) in [5.41, 5.74) is 19.7. The molecule has 2 aromatic heterocycles. The van der Waals surface area contributed by atoms with Crippen molar-refractivity contribution in [2.45, 2.75) is 0 Å². The van der Waals surface area contributed by atoms with Gasteiger partial charge in [0.05, 0.1) is 22.1 Å². The Morgan fingerprint density at radius 1 is 0.234 bits per heavy atom. The van der Waals surface area contributed by atoms with Crippen molar-refractivity contribution < 1.29 is 0 Å². The van der Waals surface area contributed by atoms with Crippen LogP contribution in [0.3, 0.4) is 0 Å². The van der Waals surface area contributed by atoms with E-state index in [4.69, 9.17) is 0 Å². The Kier molecular flexibility index (Phi) is 7.43. The average molecular weight is 811 g/mol. The van der Waals surface area contributed by atoms with E-state index in [1.165, 1.54) is 121 Å². The molecule has 2 nitrogen and oxygen atoms in total. The number of aromatic nitrogens is 2. The van der Waals surface area contributed by atoms with E-state index < -0.39 is 0 Å². The van der Waals surface area contributed by atoms with E-state index in [1.54, 1.807) is 0 Å². The largest absolute Gasteiger partial charge is 0.309 e. The van der Waals surface area contributed by atoms with Gasteiger partial charge in [-0.2, -0.15) is 0 Å². The van der Waals surface area contributed by atoms with Crippen LogP contribution in [0.1, 0.15) is 0 Å². The normalized spacial score (nSPS) is 12.1. The van der Waals surface area contributed by atoms with E-state index in [0.29, 0.717) is 0 Å². The van der Waals surface area contributed by atoms with Gasteiger partial charge >= 0.3 is 0 Å². The second kappa shape index (κ2) is 13.5. The summed E-state index contributed by atoms with van der Waals surface area (Å²) in [6.07, 6.45) is 0. The van der Waals surface area contributed by atoms with Crippen LogP contribution >= 0.6 is 0 Å². The minimum Gasteiger partial charge on any atom is -0.309 e. The summed E-state index contributed by atoms with van der Waals surface area (Å²) in [7, 11) is 0. The van der Waals surface area contributed by atoms with E-state index in [9.17, 15) is 0 Å². The molecule has 0 saturated heterocycles. The molecular weight excluding hydrogens is 773 g/mol. The lowest BCUT2D eigenvalue weighted by atomic mass is 9.95. The van der Waals surface area contributed by atoms with E-state index in [1.807, 2.05) is 0 Å². The van der Waals surface area contributed by atoms with Crippen LogP contribution in [0, 0.1) is 0 Å². The first-order valence-corrected chi connectivity index (χ1v) is 22.2. The molecule has 0 bridgehead atoms. The number of para-hydroxylation sites is 2. The summed E-state index contributed by atoms with van der Waals surface area (Å²) < 4.78 is 4.89. The molecule has 13 aromatic rings. The Morgan fingerprint density at radius 3 is 1.56 bits per heavy atom. The molecule has 64 heavy (non-hydrogen) atoms. The van der Waals surface area contributed by atoms with Crippen LogP contribution in [0.5, 0.6) is 0 Å². The maximum absolute atomic E-state index is 2.49. The molecule has 0 fully saturated rings. The fourth-order valence-electron chi connectivity index (χ4n) is 10.9. The second-order valence-electron chi connectivity index (χ2n) is 17.3. The molecule has 11 aromatic carbocycles. The molecule has 0 N–H and O–H groups in total. The third-order valence-electron chi connectivity index (χ3n) is 13.8. The van der Waals surface area contributed by atoms with Crippen LogP contribution in [0.15, 0.2) is 231 Å². The van der Waals surface area contributed by atoms with Crippen molar-refractivity contribution in [2.75, 3.05) is 0 Å². The first-order valence-electron chi connectivity index (χ1n) is 22.2. The number of nitrogens with zero attached hydrogens (tertiary/aromatic N) is 2. The number of hydrogen-bond donors (Lipinski definition) is 0. The van der Waals surface area contributed by atoms with Crippen molar-refractivity contribution in [3.8, 4) is 67.0 Å². The Balaban J connectivity index is 0.891. The summed E-state index contributed by atoms with van der Waals surface area (Å²) in [6.45, 7) is 0. The zero-order chi connectivity index (χ0) is 41.9. The third-order valence-corrected chi connectivity index (χ3v) is 13.8. The lowest BCUT2D eigenvalue weighted by Crippen LogP contribution is -1.95. The lowest BCUT2D eigenvalue weighted by molar-refractivity contribution is 1.18. The van der Waals surface area contributed by atoms with Crippen LogP contribution in [0.4, 0.5) is 0 Å². The van der Waals surface area contributed by atoms with Crippen molar-refractivity contribution in [2.24, 2.45) is 0 Å². The number of fused-ring (bicyclic) bond motifs is 11. The Hall–Kier alpha value is -8.46. The van der Waals surface area contributed by atoms with Crippen LogP contribution in [0.2, 0.25) is 0 Å². The van der Waals surface area contributed by atoms with Crippen molar-refractivity contribution in [3.05, 3.63) is 231 Å². The van der Waals surface area contributed by atoms with Crippen molar-refractivity contribution in [1.82, 2.24) is 9.13 Å². The molecule has 0 atom stereocenters. The van der Waals surface area contributed by atoms with E-state index in [0.717, 1.165) is 11.4 Å². The Labute approximate surface area is 370 Å². The minimum atomic E-state index is 1.14. The Bertz CT molecular complexity index is 4050. The predicted molar refractivity (Wildman–Crippen MR) is 271 cm³/mol. The van der Waals surface area contributed by atoms with Gasteiger partial charge in [0.2, 0.25) is 0 Å². The summed E-state index contributed by atoms with van der Waals surface area (Å²) >= 11 is 0. The van der Waals surface area contributed by atoms with Gasteiger partial charge in [0.15, 0.2) is 0 Å². The molecule has 2 heteroatoms. The topological polar surface area (TPSA) is 9.86 Å². The first kappa shape index (κ1) is 35.2. The van der Waals surface area contributed by atoms with Gasteiger partial charge < -0.3 is 9.13 Å². The van der Waals surface area contributed by atoms with Crippen LogP contribution in [-0.2, 0) is 0 Å². The molecule has 0 radical (unpaired) electrons. The van der Waals surface area contributed by atoms with Gasteiger partial charge in [-0.15, -0.1) is 0 Å². The number of hydrogen-bond acceptors (Lipinski definition) is 0. The molecule has 296 valence electrons. The van der Waals surface area contributed by atoms with E-state index >= 15 is 0 Å². The van der Waals surface area contributed by atoms with E-state index in [2.05, 4.69) is 240 Å². The minimum absolute atomic E-state index is 1.14. The lowest BCUT2D eigenvalue weighted by Gasteiger charge is -2.13. The highest BCUT2D eigenvalue weighted by Gasteiger charge is 2.22. The summed E-state index contributed by atoms with van der Waals surface area (Å²) in [5.74, 6) is 0. The smallest absolute Gasteiger partial charge is 0.0619 e. The molecule has 0 spiro atoms.